The molecule has 0 aliphatic heterocycles. The maximum atomic E-state index is 11.7. The van der Waals surface area contributed by atoms with Crippen molar-refractivity contribution in [3.63, 3.8) is 0 Å². The summed E-state index contributed by atoms with van der Waals surface area (Å²) in [6.07, 6.45) is 1.92. The molecule has 3 nitrogen and oxygen atoms in total. The van der Waals surface area contributed by atoms with Crippen molar-refractivity contribution in [2.75, 3.05) is 13.1 Å². The van der Waals surface area contributed by atoms with Gasteiger partial charge in [0, 0.05) is 5.54 Å². The highest BCUT2D eigenvalue weighted by Gasteiger charge is 2.19. The summed E-state index contributed by atoms with van der Waals surface area (Å²) in [7, 11) is 0. The summed E-state index contributed by atoms with van der Waals surface area (Å²) in [6, 6.07) is 10.4. The fourth-order valence-corrected chi connectivity index (χ4v) is 1.82. The average molecular weight is 248 g/mol. The van der Waals surface area contributed by atoms with Crippen LogP contribution in [-0.2, 0) is 11.2 Å². The lowest BCUT2D eigenvalue weighted by atomic mass is 9.95. The minimum Gasteiger partial charge on any atom is -0.350 e. The first kappa shape index (κ1) is 14.7. The minimum absolute atomic E-state index is 0.0647. The molecule has 0 fully saturated rings. The molecule has 18 heavy (non-hydrogen) atoms. The summed E-state index contributed by atoms with van der Waals surface area (Å²) >= 11 is 0. The Balaban J connectivity index is 2.37. The van der Waals surface area contributed by atoms with Crippen molar-refractivity contribution in [3.8, 4) is 0 Å². The molecule has 3 heteroatoms. The van der Waals surface area contributed by atoms with Crippen molar-refractivity contribution in [3.05, 3.63) is 35.9 Å². The molecule has 0 aromatic heterocycles. The number of rotatable bonds is 7. The van der Waals surface area contributed by atoms with Crippen LogP contribution in [-0.4, -0.2) is 24.5 Å². The number of nitrogens with one attached hydrogen (secondary N) is 2. The van der Waals surface area contributed by atoms with Crippen LogP contribution in [0.3, 0.4) is 0 Å². The molecule has 0 saturated carbocycles. The predicted molar refractivity (Wildman–Crippen MR) is 75.5 cm³/mol. The van der Waals surface area contributed by atoms with E-state index in [-0.39, 0.29) is 11.4 Å². The topological polar surface area (TPSA) is 41.1 Å². The average Bonchev–Trinajstić information content (AvgIpc) is 2.35. The van der Waals surface area contributed by atoms with Gasteiger partial charge in [-0.15, -0.1) is 0 Å². The molecule has 0 radical (unpaired) electrons. The van der Waals surface area contributed by atoms with Gasteiger partial charge in [0.05, 0.1) is 6.54 Å². The van der Waals surface area contributed by atoms with Gasteiger partial charge < -0.3 is 10.6 Å². The van der Waals surface area contributed by atoms with Crippen LogP contribution < -0.4 is 10.6 Å². The highest BCUT2D eigenvalue weighted by molar-refractivity contribution is 5.78. The number of benzene rings is 1. The van der Waals surface area contributed by atoms with E-state index < -0.39 is 0 Å². The fourth-order valence-electron chi connectivity index (χ4n) is 1.82. The van der Waals surface area contributed by atoms with Crippen LogP contribution in [0.25, 0.3) is 0 Å². The molecule has 1 amide bonds. The zero-order valence-corrected chi connectivity index (χ0v) is 11.6. The molecule has 0 saturated heterocycles. The van der Waals surface area contributed by atoms with Crippen molar-refractivity contribution in [2.45, 2.75) is 39.2 Å². The smallest absolute Gasteiger partial charge is 0.234 e. The van der Waals surface area contributed by atoms with Crippen molar-refractivity contribution in [1.29, 1.82) is 0 Å². The first-order valence-corrected chi connectivity index (χ1v) is 6.59. The summed E-state index contributed by atoms with van der Waals surface area (Å²) in [5.41, 5.74) is 1.15. The molecular weight excluding hydrogens is 224 g/mol. The summed E-state index contributed by atoms with van der Waals surface area (Å²) in [5.74, 6) is 0.0647. The van der Waals surface area contributed by atoms with Crippen LogP contribution in [0.5, 0.6) is 0 Å². The number of carbonyl (C=O) groups excluding carboxylic acids is 1. The summed E-state index contributed by atoms with van der Waals surface area (Å²) in [6.45, 7) is 7.34. The molecule has 1 rings (SSSR count). The lowest BCUT2D eigenvalue weighted by Crippen LogP contribution is -2.47. The third-order valence-electron chi connectivity index (χ3n) is 2.89. The van der Waals surface area contributed by atoms with Crippen LogP contribution >= 0.6 is 0 Å². The first-order chi connectivity index (χ1) is 8.53. The van der Waals surface area contributed by atoms with Crippen LogP contribution in [0, 0.1) is 0 Å². The maximum Gasteiger partial charge on any atom is 0.234 e. The number of carbonyl (C=O) groups is 1. The second kappa shape index (κ2) is 7.17. The summed E-state index contributed by atoms with van der Waals surface area (Å²) in [4.78, 5) is 11.7. The van der Waals surface area contributed by atoms with E-state index in [4.69, 9.17) is 0 Å². The Kier molecular flexibility index (Phi) is 5.86. The lowest BCUT2D eigenvalue weighted by molar-refractivity contribution is -0.121. The van der Waals surface area contributed by atoms with Gasteiger partial charge in [-0.25, -0.2) is 0 Å². The van der Waals surface area contributed by atoms with Gasteiger partial charge in [-0.05, 0) is 38.8 Å². The SMILES string of the molecule is CCNCC(=O)NC(C)(C)CCc1ccccc1. The molecule has 0 spiro atoms. The summed E-state index contributed by atoms with van der Waals surface area (Å²) in [5, 5.41) is 6.09. The zero-order valence-electron chi connectivity index (χ0n) is 11.6. The lowest BCUT2D eigenvalue weighted by Gasteiger charge is -2.26. The van der Waals surface area contributed by atoms with E-state index in [0.29, 0.717) is 6.54 Å². The van der Waals surface area contributed by atoms with Crippen molar-refractivity contribution < 1.29 is 4.79 Å². The third kappa shape index (κ3) is 5.82. The van der Waals surface area contributed by atoms with Crippen LogP contribution in [0.2, 0.25) is 0 Å². The van der Waals surface area contributed by atoms with E-state index in [9.17, 15) is 4.79 Å². The molecule has 100 valence electrons. The van der Waals surface area contributed by atoms with Crippen LogP contribution in [0.4, 0.5) is 0 Å². The standard InChI is InChI=1S/C15H24N2O/c1-4-16-12-14(18)17-15(2,3)11-10-13-8-6-5-7-9-13/h5-9,16H,4,10-12H2,1-3H3,(H,17,18). The van der Waals surface area contributed by atoms with E-state index in [0.717, 1.165) is 19.4 Å². The van der Waals surface area contributed by atoms with E-state index >= 15 is 0 Å². The fraction of sp³-hybridized carbons (Fsp3) is 0.533. The third-order valence-corrected chi connectivity index (χ3v) is 2.89. The van der Waals surface area contributed by atoms with Gasteiger partial charge in [0.15, 0.2) is 0 Å². The van der Waals surface area contributed by atoms with Gasteiger partial charge in [0.2, 0.25) is 5.91 Å². The largest absolute Gasteiger partial charge is 0.350 e. The molecule has 1 aromatic rings. The van der Waals surface area contributed by atoms with Gasteiger partial charge in [-0.2, -0.15) is 0 Å². The molecule has 1 aromatic carbocycles. The second-order valence-electron chi connectivity index (χ2n) is 5.20. The Labute approximate surface area is 110 Å². The Morgan fingerprint density at radius 2 is 1.89 bits per heavy atom. The normalized spacial score (nSPS) is 11.3. The van der Waals surface area contributed by atoms with Gasteiger partial charge in [-0.3, -0.25) is 4.79 Å². The Bertz CT molecular complexity index is 360. The predicted octanol–water partition coefficient (Wildman–Crippen LogP) is 2.12. The molecule has 0 heterocycles. The van der Waals surface area contributed by atoms with Gasteiger partial charge >= 0.3 is 0 Å². The molecule has 0 bridgehead atoms. The van der Waals surface area contributed by atoms with Crippen LogP contribution in [0.15, 0.2) is 30.3 Å². The zero-order chi connectivity index (χ0) is 13.4. The number of hydrogen-bond acceptors (Lipinski definition) is 2. The first-order valence-electron chi connectivity index (χ1n) is 6.59. The highest BCUT2D eigenvalue weighted by atomic mass is 16.2. The van der Waals surface area contributed by atoms with Gasteiger partial charge in [-0.1, -0.05) is 37.3 Å². The quantitative estimate of drug-likeness (QED) is 0.776. The number of amides is 1. The number of likely N-dealkylation sites (N-methyl/N-ethyl adjacent to an activating group) is 1. The number of hydrogen-bond donors (Lipinski definition) is 2. The van der Waals surface area contributed by atoms with Gasteiger partial charge in [0.1, 0.15) is 0 Å². The maximum absolute atomic E-state index is 11.7. The Morgan fingerprint density at radius 1 is 1.22 bits per heavy atom. The molecule has 0 unspecified atom stereocenters. The summed E-state index contributed by atoms with van der Waals surface area (Å²) < 4.78 is 0. The molecule has 0 aliphatic rings. The molecular formula is C15H24N2O. The number of aryl methyl sites for hydroxylation is 1. The molecule has 0 aliphatic carbocycles. The van der Waals surface area contributed by atoms with Gasteiger partial charge in [0.25, 0.3) is 0 Å². The second-order valence-corrected chi connectivity index (χ2v) is 5.20. The van der Waals surface area contributed by atoms with E-state index in [2.05, 4.69) is 36.6 Å². The molecule has 2 N–H and O–H groups in total. The van der Waals surface area contributed by atoms with Crippen molar-refractivity contribution in [2.24, 2.45) is 0 Å². The molecule has 0 atom stereocenters. The highest BCUT2D eigenvalue weighted by Crippen LogP contribution is 2.13. The van der Waals surface area contributed by atoms with E-state index in [1.807, 2.05) is 25.1 Å². The minimum atomic E-state index is -0.164. The van der Waals surface area contributed by atoms with Crippen LogP contribution in [0.1, 0.15) is 32.8 Å². The van der Waals surface area contributed by atoms with E-state index in [1.54, 1.807) is 0 Å². The Hall–Kier alpha value is -1.35. The van der Waals surface area contributed by atoms with Crippen molar-refractivity contribution >= 4 is 5.91 Å². The monoisotopic (exact) mass is 248 g/mol. The Morgan fingerprint density at radius 3 is 2.50 bits per heavy atom. The van der Waals surface area contributed by atoms with E-state index in [1.165, 1.54) is 5.56 Å². The van der Waals surface area contributed by atoms with Crippen molar-refractivity contribution in [1.82, 2.24) is 10.6 Å².